The highest BCUT2D eigenvalue weighted by Gasteiger charge is 2.46. The minimum atomic E-state index is -0.427. The quantitative estimate of drug-likeness (QED) is 0.352. The van der Waals surface area contributed by atoms with Crippen LogP contribution in [-0.2, 0) is 14.3 Å². The molecule has 0 aromatic heterocycles. The molecule has 0 unspecified atom stereocenters. The van der Waals surface area contributed by atoms with Gasteiger partial charge >= 0.3 is 5.97 Å². The summed E-state index contributed by atoms with van der Waals surface area (Å²) in [5.41, 5.74) is 0. The number of esters is 1. The van der Waals surface area contributed by atoms with Crippen molar-refractivity contribution in [3.05, 3.63) is 24.0 Å². The van der Waals surface area contributed by atoms with Crippen LogP contribution in [0.25, 0.3) is 0 Å². The summed E-state index contributed by atoms with van der Waals surface area (Å²) in [4.78, 5) is 11.1. The van der Waals surface area contributed by atoms with E-state index >= 15 is 0 Å². The van der Waals surface area contributed by atoms with Gasteiger partial charge in [-0.25, -0.2) is 0 Å². The van der Waals surface area contributed by atoms with Crippen LogP contribution in [0, 0.1) is 11.8 Å². The lowest BCUT2D eigenvalue weighted by Gasteiger charge is -2.16. The summed E-state index contributed by atoms with van der Waals surface area (Å²) in [5, 5.41) is 20.4. The predicted octanol–water partition coefficient (Wildman–Crippen LogP) is 3.50. The lowest BCUT2D eigenvalue weighted by Crippen LogP contribution is -2.18. The molecule has 26 heavy (non-hydrogen) atoms. The Kier molecular flexibility index (Phi) is 8.66. The van der Waals surface area contributed by atoms with Gasteiger partial charge in [0, 0.05) is 31.1 Å². The van der Waals surface area contributed by atoms with E-state index in [9.17, 15) is 15.0 Å². The molecule has 5 atom stereocenters. The topological polar surface area (TPSA) is 76.0 Å². The van der Waals surface area contributed by atoms with Crippen molar-refractivity contribution in [2.75, 3.05) is 7.11 Å². The number of hydrogen-bond donors (Lipinski definition) is 2. The molecule has 1 saturated carbocycles. The Morgan fingerprint density at radius 3 is 2.92 bits per heavy atom. The lowest BCUT2D eigenvalue weighted by molar-refractivity contribution is -0.140. The summed E-state index contributed by atoms with van der Waals surface area (Å²) in [6, 6.07) is 0. The molecule has 148 valence electrons. The van der Waals surface area contributed by atoms with Crippen LogP contribution < -0.4 is 0 Å². The Morgan fingerprint density at radius 1 is 1.38 bits per heavy atom. The van der Waals surface area contributed by atoms with Crippen LogP contribution in [0.2, 0.25) is 0 Å². The predicted molar refractivity (Wildman–Crippen MR) is 100 cm³/mol. The van der Waals surface area contributed by atoms with E-state index in [0.717, 1.165) is 50.7 Å². The van der Waals surface area contributed by atoms with Gasteiger partial charge in [0.25, 0.3) is 0 Å². The zero-order valence-corrected chi connectivity index (χ0v) is 16.1. The van der Waals surface area contributed by atoms with E-state index in [1.807, 2.05) is 12.2 Å². The summed E-state index contributed by atoms with van der Waals surface area (Å²) < 4.78 is 10.6. The van der Waals surface area contributed by atoms with Crippen molar-refractivity contribution in [2.45, 2.75) is 83.0 Å². The standard InChI is InChI=1S/C21H34O5/c1-3-4-5-8-15(22)11-12-17-18-13-16(26-20(18)14-19(17)23)9-6-7-10-21(24)25-2/h9,11-12,15,17-20,22-23H,3-8,10,13-14H2,1-2H3/b12-11+,16-9+/t15-,17+,18+,19+,20-/m0/s1. The van der Waals surface area contributed by atoms with Crippen molar-refractivity contribution in [3.8, 4) is 0 Å². The van der Waals surface area contributed by atoms with E-state index in [2.05, 4.69) is 17.7 Å². The fourth-order valence-electron chi connectivity index (χ4n) is 3.95. The molecule has 1 aliphatic heterocycles. The van der Waals surface area contributed by atoms with Crippen LogP contribution in [0.3, 0.4) is 0 Å². The van der Waals surface area contributed by atoms with E-state index in [0.29, 0.717) is 12.8 Å². The maximum Gasteiger partial charge on any atom is 0.305 e. The van der Waals surface area contributed by atoms with Crippen LogP contribution in [0.1, 0.15) is 64.7 Å². The largest absolute Gasteiger partial charge is 0.495 e. The fourth-order valence-corrected chi connectivity index (χ4v) is 3.95. The maximum atomic E-state index is 11.1. The summed E-state index contributed by atoms with van der Waals surface area (Å²) in [6.45, 7) is 2.15. The van der Waals surface area contributed by atoms with Crippen LogP contribution >= 0.6 is 0 Å². The number of methoxy groups -OCH3 is 1. The Bertz CT molecular complexity index is 499. The molecule has 1 aliphatic carbocycles. The average molecular weight is 366 g/mol. The first kappa shape index (κ1) is 21.0. The Labute approximate surface area is 157 Å². The molecule has 5 heteroatoms. The molecule has 0 radical (unpaired) electrons. The molecule has 5 nitrogen and oxygen atoms in total. The van der Waals surface area contributed by atoms with Gasteiger partial charge < -0.3 is 19.7 Å². The van der Waals surface area contributed by atoms with Crippen LogP contribution in [0.4, 0.5) is 0 Å². The number of aliphatic hydroxyl groups is 2. The third kappa shape index (κ3) is 6.13. The van der Waals surface area contributed by atoms with E-state index in [-0.39, 0.29) is 23.9 Å². The Balaban J connectivity index is 1.81. The summed E-state index contributed by atoms with van der Waals surface area (Å²) in [6.07, 6.45) is 12.7. The van der Waals surface area contributed by atoms with Gasteiger partial charge in [0.05, 0.1) is 25.1 Å². The summed E-state index contributed by atoms with van der Waals surface area (Å²) in [7, 11) is 1.40. The maximum absolute atomic E-state index is 11.1. The van der Waals surface area contributed by atoms with Crippen molar-refractivity contribution in [2.24, 2.45) is 11.8 Å². The number of ether oxygens (including phenoxy) is 2. The monoisotopic (exact) mass is 366 g/mol. The van der Waals surface area contributed by atoms with Gasteiger partial charge in [0.15, 0.2) is 0 Å². The summed E-state index contributed by atoms with van der Waals surface area (Å²) in [5.74, 6) is 1.11. The molecule has 0 spiro atoms. The first-order valence-corrected chi connectivity index (χ1v) is 10.0. The number of rotatable bonds is 10. The van der Waals surface area contributed by atoms with Crippen LogP contribution in [0.15, 0.2) is 24.0 Å². The van der Waals surface area contributed by atoms with Gasteiger partial charge in [-0.05, 0) is 25.3 Å². The fraction of sp³-hybridized carbons (Fsp3) is 0.762. The Hall–Kier alpha value is -1.33. The third-order valence-corrected chi connectivity index (χ3v) is 5.47. The van der Waals surface area contributed by atoms with E-state index in [1.54, 1.807) is 0 Å². The highest BCUT2D eigenvalue weighted by Crippen LogP contribution is 2.45. The number of allylic oxidation sites excluding steroid dienone is 2. The number of carbonyl (C=O) groups excluding carboxylic acids is 1. The number of aliphatic hydroxyl groups excluding tert-OH is 2. The molecular weight excluding hydrogens is 332 g/mol. The van der Waals surface area contributed by atoms with E-state index < -0.39 is 12.2 Å². The van der Waals surface area contributed by atoms with Crippen molar-refractivity contribution in [1.29, 1.82) is 0 Å². The molecule has 2 aliphatic rings. The number of hydrogen-bond acceptors (Lipinski definition) is 5. The van der Waals surface area contributed by atoms with Gasteiger partial charge in [-0.2, -0.15) is 0 Å². The van der Waals surface area contributed by atoms with Gasteiger partial charge in [-0.15, -0.1) is 0 Å². The first-order chi connectivity index (χ1) is 12.5. The second-order valence-electron chi connectivity index (χ2n) is 7.49. The van der Waals surface area contributed by atoms with Gasteiger partial charge in [-0.3, -0.25) is 4.79 Å². The molecular formula is C21H34O5. The van der Waals surface area contributed by atoms with Crippen molar-refractivity contribution < 1.29 is 24.5 Å². The van der Waals surface area contributed by atoms with Crippen LogP contribution in [-0.4, -0.2) is 41.6 Å². The number of carbonyl (C=O) groups is 1. The molecule has 1 saturated heterocycles. The molecule has 2 N–H and O–H groups in total. The molecule has 0 aromatic carbocycles. The van der Waals surface area contributed by atoms with Gasteiger partial charge in [0.1, 0.15) is 6.10 Å². The van der Waals surface area contributed by atoms with Gasteiger partial charge in [-0.1, -0.05) is 38.3 Å². The highest BCUT2D eigenvalue weighted by atomic mass is 16.5. The highest BCUT2D eigenvalue weighted by molar-refractivity contribution is 5.69. The van der Waals surface area contributed by atoms with Crippen molar-refractivity contribution in [1.82, 2.24) is 0 Å². The van der Waals surface area contributed by atoms with E-state index in [4.69, 9.17) is 4.74 Å². The van der Waals surface area contributed by atoms with E-state index in [1.165, 1.54) is 7.11 Å². The minimum Gasteiger partial charge on any atom is -0.495 e. The van der Waals surface area contributed by atoms with Crippen molar-refractivity contribution in [3.63, 3.8) is 0 Å². The zero-order valence-electron chi connectivity index (χ0n) is 16.1. The lowest BCUT2D eigenvalue weighted by atomic mass is 9.90. The first-order valence-electron chi connectivity index (χ1n) is 10.0. The Morgan fingerprint density at radius 2 is 2.19 bits per heavy atom. The second-order valence-corrected chi connectivity index (χ2v) is 7.49. The molecule has 1 heterocycles. The van der Waals surface area contributed by atoms with Crippen molar-refractivity contribution >= 4 is 5.97 Å². The zero-order chi connectivity index (χ0) is 18.9. The average Bonchev–Trinajstić information content (AvgIpc) is 3.13. The minimum absolute atomic E-state index is 0.0433. The summed E-state index contributed by atoms with van der Waals surface area (Å²) >= 11 is 0. The second kappa shape index (κ2) is 10.7. The molecule has 2 fully saturated rings. The van der Waals surface area contributed by atoms with Gasteiger partial charge in [0.2, 0.25) is 0 Å². The normalized spacial score (nSPS) is 30.5. The van der Waals surface area contributed by atoms with Crippen LogP contribution in [0.5, 0.6) is 0 Å². The molecule has 0 aromatic rings. The smallest absolute Gasteiger partial charge is 0.305 e. The number of fused-ring (bicyclic) bond motifs is 1. The SMILES string of the molecule is CCCCC[C@H](O)/C=C/[C@@H]1[C@H]2C/C(=C\CCCC(=O)OC)O[C@H]2C[C@H]1O. The molecule has 0 bridgehead atoms. The number of unbranched alkanes of at least 4 members (excludes halogenated alkanes) is 3. The molecule has 2 rings (SSSR count). The third-order valence-electron chi connectivity index (χ3n) is 5.47. The molecule has 0 amide bonds.